The highest BCUT2D eigenvalue weighted by Crippen LogP contribution is 2.38. The number of esters is 1. The minimum atomic E-state index is -0.502. The Bertz CT molecular complexity index is 1200. The van der Waals surface area contributed by atoms with Crippen LogP contribution in [0.5, 0.6) is 17.2 Å². The van der Waals surface area contributed by atoms with Crippen molar-refractivity contribution in [3.05, 3.63) is 84.7 Å². The second-order valence-corrected chi connectivity index (χ2v) is 9.37. The highest BCUT2D eigenvalue weighted by molar-refractivity contribution is 9.11. The molecule has 10 heteroatoms. The third-order valence-corrected chi connectivity index (χ3v) is 6.03. The molecule has 0 heterocycles. The number of halogens is 3. The Hall–Kier alpha value is -2.69. The first-order chi connectivity index (χ1) is 16.3. The van der Waals surface area contributed by atoms with Crippen LogP contribution in [0.3, 0.4) is 0 Å². The molecule has 0 bridgehead atoms. The number of hydrogen-bond acceptors (Lipinski definition) is 7. The van der Waals surface area contributed by atoms with Gasteiger partial charge in [0.25, 0.3) is 0 Å². The maximum atomic E-state index is 12.9. The van der Waals surface area contributed by atoms with Crippen LogP contribution in [0.25, 0.3) is 0 Å². The van der Waals surface area contributed by atoms with Gasteiger partial charge in [-0.1, -0.05) is 21.1 Å². The van der Waals surface area contributed by atoms with Gasteiger partial charge in [0.05, 0.1) is 27.3 Å². The van der Waals surface area contributed by atoms with E-state index in [2.05, 4.69) is 52.9 Å². The molecule has 0 fully saturated rings. The summed E-state index contributed by atoms with van der Waals surface area (Å²) in [6, 6.07) is 14.8. The highest BCUT2D eigenvalue weighted by atomic mass is 79.9. The third-order valence-electron chi connectivity index (χ3n) is 4.32. The van der Waals surface area contributed by atoms with Gasteiger partial charge in [0, 0.05) is 10.0 Å². The summed E-state index contributed by atoms with van der Waals surface area (Å²) in [4.78, 5) is 29.1. The standard InChI is InChI=1S/C24H18Br3NO6/c1-2-32-22(30)13-33-28-12-14-9-19(26)24(20(27)10-14)34-17-7-8-21(29)18(11-17)23(31)15-3-5-16(25)6-4-15/h3-12,29H,2,13H2,1H3. The first kappa shape index (κ1) is 25.9. The normalized spacial score (nSPS) is 10.8. The molecule has 176 valence electrons. The number of ketones is 1. The monoisotopic (exact) mass is 653 g/mol. The van der Waals surface area contributed by atoms with Crippen LogP contribution in [0.1, 0.15) is 28.4 Å². The van der Waals surface area contributed by atoms with E-state index < -0.39 is 5.97 Å². The Kier molecular flexibility index (Phi) is 9.26. The zero-order valence-corrected chi connectivity index (χ0v) is 22.5. The summed E-state index contributed by atoms with van der Waals surface area (Å²) >= 11 is 10.3. The van der Waals surface area contributed by atoms with Crippen molar-refractivity contribution in [2.24, 2.45) is 5.16 Å². The number of ether oxygens (including phenoxy) is 2. The summed E-state index contributed by atoms with van der Waals surface area (Å²) in [6.45, 7) is 1.70. The average molecular weight is 656 g/mol. The van der Waals surface area contributed by atoms with Crippen molar-refractivity contribution < 1.29 is 29.0 Å². The van der Waals surface area contributed by atoms with Crippen molar-refractivity contribution in [1.82, 2.24) is 0 Å². The molecule has 0 aliphatic carbocycles. The number of phenols is 1. The first-order valence-electron chi connectivity index (χ1n) is 9.89. The fourth-order valence-electron chi connectivity index (χ4n) is 2.78. The Morgan fingerprint density at radius 2 is 1.68 bits per heavy atom. The number of nitrogens with zero attached hydrogens (tertiary/aromatic N) is 1. The summed E-state index contributed by atoms with van der Waals surface area (Å²) in [7, 11) is 0. The lowest BCUT2D eigenvalue weighted by Gasteiger charge is -2.12. The van der Waals surface area contributed by atoms with Crippen molar-refractivity contribution in [3.63, 3.8) is 0 Å². The molecule has 34 heavy (non-hydrogen) atoms. The van der Waals surface area contributed by atoms with Gasteiger partial charge < -0.3 is 19.4 Å². The molecule has 0 atom stereocenters. The third kappa shape index (κ3) is 6.91. The lowest BCUT2D eigenvalue weighted by molar-refractivity contribution is -0.148. The van der Waals surface area contributed by atoms with Gasteiger partial charge in [0.15, 0.2) is 11.5 Å². The van der Waals surface area contributed by atoms with Gasteiger partial charge >= 0.3 is 5.97 Å². The lowest BCUT2D eigenvalue weighted by atomic mass is 10.0. The van der Waals surface area contributed by atoms with Crippen LogP contribution in [-0.4, -0.2) is 36.3 Å². The summed E-state index contributed by atoms with van der Waals surface area (Å²) in [5, 5.41) is 14.0. The Morgan fingerprint density at radius 1 is 1.00 bits per heavy atom. The van der Waals surface area contributed by atoms with Crippen LogP contribution >= 0.6 is 47.8 Å². The van der Waals surface area contributed by atoms with E-state index in [1.54, 1.807) is 49.4 Å². The predicted molar refractivity (Wildman–Crippen MR) is 138 cm³/mol. The average Bonchev–Trinajstić information content (AvgIpc) is 2.80. The van der Waals surface area contributed by atoms with E-state index in [9.17, 15) is 14.7 Å². The number of rotatable bonds is 9. The molecule has 0 aliphatic heterocycles. The molecule has 0 amide bonds. The number of carbonyl (C=O) groups excluding carboxylic acids is 2. The quantitative estimate of drug-likeness (QED) is 0.121. The van der Waals surface area contributed by atoms with Gasteiger partial charge in [-0.25, -0.2) is 4.79 Å². The van der Waals surface area contributed by atoms with Gasteiger partial charge in [-0.2, -0.15) is 0 Å². The number of oxime groups is 1. The van der Waals surface area contributed by atoms with Crippen LogP contribution < -0.4 is 4.74 Å². The number of hydrogen-bond donors (Lipinski definition) is 1. The molecular formula is C24H18Br3NO6. The molecule has 3 aromatic carbocycles. The number of benzene rings is 3. The smallest absolute Gasteiger partial charge is 0.347 e. The van der Waals surface area contributed by atoms with Crippen LogP contribution in [0.4, 0.5) is 0 Å². The Labute approximate surface area is 221 Å². The Balaban J connectivity index is 1.76. The number of aromatic hydroxyl groups is 1. The van der Waals surface area contributed by atoms with E-state index in [1.807, 2.05) is 0 Å². The van der Waals surface area contributed by atoms with Crippen molar-refractivity contribution >= 4 is 65.8 Å². The van der Waals surface area contributed by atoms with E-state index in [1.165, 1.54) is 18.3 Å². The molecule has 0 radical (unpaired) electrons. The number of carbonyl (C=O) groups is 2. The summed E-state index contributed by atoms with van der Waals surface area (Å²) in [5.74, 6) is -0.162. The maximum absolute atomic E-state index is 12.9. The van der Waals surface area contributed by atoms with Crippen LogP contribution in [-0.2, 0) is 14.4 Å². The van der Waals surface area contributed by atoms with Gasteiger partial charge in [-0.05, 0) is 98.9 Å². The predicted octanol–water partition coefficient (Wildman–Crippen LogP) is 6.62. The zero-order valence-electron chi connectivity index (χ0n) is 17.8. The molecule has 0 aliphatic rings. The molecule has 7 nitrogen and oxygen atoms in total. The lowest BCUT2D eigenvalue weighted by Crippen LogP contribution is -2.10. The minimum absolute atomic E-state index is 0.120. The van der Waals surface area contributed by atoms with Crippen LogP contribution in [0, 0.1) is 0 Å². The molecule has 3 rings (SSSR count). The van der Waals surface area contributed by atoms with E-state index in [0.717, 1.165) is 4.47 Å². The summed E-state index contributed by atoms with van der Waals surface area (Å²) in [6.07, 6.45) is 1.44. The van der Waals surface area contributed by atoms with Gasteiger partial charge in [0.2, 0.25) is 6.61 Å². The minimum Gasteiger partial charge on any atom is -0.507 e. The largest absolute Gasteiger partial charge is 0.507 e. The molecule has 3 aromatic rings. The maximum Gasteiger partial charge on any atom is 0.347 e. The molecule has 0 saturated carbocycles. The van der Waals surface area contributed by atoms with Crippen LogP contribution in [0.2, 0.25) is 0 Å². The Morgan fingerprint density at radius 3 is 2.32 bits per heavy atom. The van der Waals surface area contributed by atoms with Gasteiger partial charge in [0.1, 0.15) is 11.5 Å². The van der Waals surface area contributed by atoms with E-state index in [0.29, 0.717) is 31.6 Å². The van der Waals surface area contributed by atoms with Crippen molar-refractivity contribution in [2.45, 2.75) is 6.92 Å². The van der Waals surface area contributed by atoms with Crippen molar-refractivity contribution in [3.8, 4) is 17.2 Å². The fourth-order valence-corrected chi connectivity index (χ4v) is 4.43. The molecule has 0 saturated heterocycles. The molecular weight excluding hydrogens is 638 g/mol. The molecule has 1 N–H and O–H groups in total. The van der Waals surface area contributed by atoms with Gasteiger partial charge in [-0.3, -0.25) is 4.79 Å². The van der Waals surface area contributed by atoms with E-state index >= 15 is 0 Å². The first-order valence-corrected chi connectivity index (χ1v) is 12.3. The molecule has 0 spiro atoms. The SMILES string of the molecule is CCOC(=O)CON=Cc1cc(Br)c(Oc2ccc(O)c(C(=O)c3ccc(Br)cc3)c2)c(Br)c1. The van der Waals surface area contributed by atoms with E-state index in [4.69, 9.17) is 14.3 Å². The second-order valence-electron chi connectivity index (χ2n) is 6.74. The summed E-state index contributed by atoms with van der Waals surface area (Å²) < 4.78 is 12.8. The zero-order chi connectivity index (χ0) is 24.7. The fraction of sp³-hybridized carbons (Fsp3) is 0.125. The van der Waals surface area contributed by atoms with Crippen molar-refractivity contribution in [2.75, 3.05) is 13.2 Å². The number of phenolic OH excluding ortho intramolecular Hbond substituents is 1. The second kappa shape index (κ2) is 12.1. The van der Waals surface area contributed by atoms with Crippen LogP contribution in [0.15, 0.2) is 73.2 Å². The summed E-state index contributed by atoms with van der Waals surface area (Å²) in [5.41, 5.74) is 1.23. The molecule has 0 unspecified atom stereocenters. The van der Waals surface area contributed by atoms with Crippen molar-refractivity contribution in [1.29, 1.82) is 0 Å². The highest BCUT2D eigenvalue weighted by Gasteiger charge is 2.17. The van der Waals surface area contributed by atoms with Gasteiger partial charge in [-0.15, -0.1) is 0 Å². The topological polar surface area (TPSA) is 94.4 Å². The van der Waals surface area contributed by atoms with E-state index in [-0.39, 0.29) is 30.3 Å². The molecule has 0 aromatic heterocycles.